The molecule has 0 unspecified atom stereocenters. The lowest BCUT2D eigenvalue weighted by Crippen LogP contribution is -2.05. The number of benzene rings is 3. The number of furan rings is 1. The Labute approximate surface area is 165 Å². The third kappa shape index (κ3) is 2.75. The summed E-state index contributed by atoms with van der Waals surface area (Å²) in [6.07, 6.45) is 1.75. The summed E-state index contributed by atoms with van der Waals surface area (Å²) in [5.74, 6) is 5.49. The molecule has 5 heteroatoms. The van der Waals surface area contributed by atoms with E-state index in [1.807, 2.05) is 54.6 Å². The minimum Gasteiger partial charge on any atom is -0.464 e. The van der Waals surface area contributed by atoms with Gasteiger partial charge in [-0.05, 0) is 34.9 Å². The minimum atomic E-state index is 0.357. The van der Waals surface area contributed by atoms with Crippen LogP contribution < -0.4 is 11.4 Å². The lowest BCUT2D eigenvalue weighted by atomic mass is 9.98. The van der Waals surface area contributed by atoms with Gasteiger partial charge in [-0.1, -0.05) is 54.1 Å². The quantitative estimate of drug-likeness (QED) is 0.301. The van der Waals surface area contributed by atoms with Crippen LogP contribution in [-0.4, -0.2) is 0 Å². The molecule has 0 bridgehead atoms. The van der Waals surface area contributed by atoms with Gasteiger partial charge in [0, 0.05) is 33.5 Å². The Bertz CT molecular complexity index is 1370. The average Bonchev–Trinajstić information content (AvgIpc) is 3.15. The van der Waals surface area contributed by atoms with E-state index in [4.69, 9.17) is 26.3 Å². The van der Waals surface area contributed by atoms with Crippen molar-refractivity contribution in [3.63, 3.8) is 0 Å². The molecule has 0 amide bonds. The Kier molecular flexibility index (Phi) is 3.92. The average molecular weight is 387 g/mol. The standard InChI is InChI=1S/C23H15ClN2O2/c24-16-8-6-15(7-9-16)20-13-27-21-12-22-18(10-19(20)21)17(11-23(26-25)28-22)14-4-2-1-3-5-14/h1-13H,25H2/b26-23+. The fraction of sp³-hybridized carbons (Fsp3) is 0. The zero-order valence-corrected chi connectivity index (χ0v) is 15.5. The topological polar surface area (TPSA) is 64.7 Å². The van der Waals surface area contributed by atoms with E-state index in [1.54, 1.807) is 6.26 Å². The van der Waals surface area contributed by atoms with Gasteiger partial charge in [-0.3, -0.25) is 0 Å². The molecular formula is C23H15ClN2O2. The first-order chi connectivity index (χ1) is 13.7. The molecule has 5 aromatic rings. The van der Waals surface area contributed by atoms with Gasteiger partial charge in [-0.15, -0.1) is 5.10 Å². The van der Waals surface area contributed by atoms with Crippen molar-refractivity contribution in [3.05, 3.63) is 89.6 Å². The summed E-state index contributed by atoms with van der Waals surface area (Å²) >= 11 is 6.03. The number of nitrogens with zero attached hydrogens (tertiary/aromatic N) is 1. The second-order valence-electron chi connectivity index (χ2n) is 6.49. The molecule has 0 aliphatic rings. The summed E-state index contributed by atoms with van der Waals surface area (Å²) in [5.41, 5.74) is 5.84. The maximum Gasteiger partial charge on any atom is 0.236 e. The van der Waals surface area contributed by atoms with Gasteiger partial charge in [0.1, 0.15) is 11.2 Å². The summed E-state index contributed by atoms with van der Waals surface area (Å²) in [7, 11) is 0. The van der Waals surface area contributed by atoms with Crippen molar-refractivity contribution in [3.8, 4) is 22.3 Å². The molecule has 0 aliphatic heterocycles. The Morgan fingerprint density at radius 1 is 0.750 bits per heavy atom. The molecule has 3 aromatic carbocycles. The fourth-order valence-corrected chi connectivity index (χ4v) is 3.59. The van der Waals surface area contributed by atoms with Crippen LogP contribution in [0.3, 0.4) is 0 Å². The van der Waals surface area contributed by atoms with E-state index in [0.717, 1.165) is 38.6 Å². The number of nitrogens with two attached hydrogens (primary N) is 1. The predicted octanol–water partition coefficient (Wildman–Crippen LogP) is 5.94. The smallest absolute Gasteiger partial charge is 0.236 e. The van der Waals surface area contributed by atoms with Gasteiger partial charge in [0.25, 0.3) is 0 Å². The van der Waals surface area contributed by atoms with Crippen molar-refractivity contribution in [2.24, 2.45) is 10.9 Å². The predicted molar refractivity (Wildman–Crippen MR) is 112 cm³/mol. The third-order valence-corrected chi connectivity index (χ3v) is 5.07. The van der Waals surface area contributed by atoms with Crippen LogP contribution in [0.1, 0.15) is 0 Å². The molecule has 2 aromatic heterocycles. The van der Waals surface area contributed by atoms with E-state index in [2.05, 4.69) is 23.3 Å². The van der Waals surface area contributed by atoms with Gasteiger partial charge < -0.3 is 14.7 Å². The van der Waals surface area contributed by atoms with E-state index in [1.165, 1.54) is 0 Å². The molecule has 0 saturated carbocycles. The molecule has 136 valence electrons. The van der Waals surface area contributed by atoms with Gasteiger partial charge in [-0.25, -0.2) is 0 Å². The van der Waals surface area contributed by atoms with Crippen molar-refractivity contribution < 1.29 is 8.83 Å². The Hall–Kier alpha value is -3.50. The normalized spacial score (nSPS) is 12.1. The maximum atomic E-state index is 6.03. The monoisotopic (exact) mass is 386 g/mol. The molecule has 5 rings (SSSR count). The highest BCUT2D eigenvalue weighted by Gasteiger charge is 2.14. The molecule has 0 fully saturated rings. The van der Waals surface area contributed by atoms with Crippen LogP contribution in [0.4, 0.5) is 0 Å². The van der Waals surface area contributed by atoms with Crippen LogP contribution in [-0.2, 0) is 0 Å². The van der Waals surface area contributed by atoms with E-state index < -0.39 is 0 Å². The third-order valence-electron chi connectivity index (χ3n) is 4.82. The molecule has 28 heavy (non-hydrogen) atoms. The molecule has 0 aliphatic carbocycles. The highest BCUT2D eigenvalue weighted by atomic mass is 35.5. The second kappa shape index (κ2) is 6.59. The van der Waals surface area contributed by atoms with E-state index >= 15 is 0 Å². The molecule has 0 saturated heterocycles. The summed E-state index contributed by atoms with van der Waals surface area (Å²) in [5, 5.41) is 6.40. The first-order valence-electron chi connectivity index (χ1n) is 8.77. The number of halogens is 1. The summed E-state index contributed by atoms with van der Waals surface area (Å²) in [6, 6.07) is 23.6. The van der Waals surface area contributed by atoms with Crippen LogP contribution >= 0.6 is 11.6 Å². The van der Waals surface area contributed by atoms with E-state index in [0.29, 0.717) is 16.2 Å². The maximum absolute atomic E-state index is 6.03. The van der Waals surface area contributed by atoms with Crippen LogP contribution in [0.25, 0.3) is 44.2 Å². The van der Waals surface area contributed by atoms with Gasteiger partial charge in [0.2, 0.25) is 5.55 Å². The zero-order valence-electron chi connectivity index (χ0n) is 14.7. The number of rotatable bonds is 2. The zero-order chi connectivity index (χ0) is 19.1. The SMILES string of the molecule is N/N=c1\cc(-c2ccccc2)c2cc3c(-c4ccc(Cl)cc4)coc3cc2o1. The first kappa shape index (κ1) is 16.7. The van der Waals surface area contributed by atoms with E-state index in [9.17, 15) is 0 Å². The second-order valence-corrected chi connectivity index (χ2v) is 6.93. The highest BCUT2D eigenvalue weighted by molar-refractivity contribution is 6.30. The Morgan fingerprint density at radius 2 is 1.46 bits per heavy atom. The fourth-order valence-electron chi connectivity index (χ4n) is 3.47. The molecule has 0 atom stereocenters. The number of hydrogen-bond donors (Lipinski definition) is 1. The van der Waals surface area contributed by atoms with Crippen LogP contribution in [0, 0.1) is 0 Å². The number of fused-ring (bicyclic) bond motifs is 2. The van der Waals surface area contributed by atoms with Crippen LogP contribution in [0.2, 0.25) is 5.02 Å². The van der Waals surface area contributed by atoms with Crippen molar-refractivity contribution in [1.29, 1.82) is 0 Å². The summed E-state index contributed by atoms with van der Waals surface area (Å²) < 4.78 is 11.6. The van der Waals surface area contributed by atoms with Gasteiger partial charge >= 0.3 is 0 Å². The first-order valence-corrected chi connectivity index (χ1v) is 9.15. The minimum absolute atomic E-state index is 0.357. The molecular weight excluding hydrogens is 372 g/mol. The molecule has 2 heterocycles. The molecule has 2 N–H and O–H groups in total. The van der Waals surface area contributed by atoms with Crippen molar-refractivity contribution >= 4 is 33.5 Å². The molecule has 4 nitrogen and oxygen atoms in total. The summed E-state index contributed by atoms with van der Waals surface area (Å²) in [4.78, 5) is 0. The molecule has 0 spiro atoms. The highest BCUT2D eigenvalue weighted by Crippen LogP contribution is 2.36. The van der Waals surface area contributed by atoms with Gasteiger partial charge in [-0.2, -0.15) is 0 Å². The van der Waals surface area contributed by atoms with Crippen molar-refractivity contribution in [1.82, 2.24) is 0 Å². The summed E-state index contributed by atoms with van der Waals surface area (Å²) in [6.45, 7) is 0. The lowest BCUT2D eigenvalue weighted by molar-refractivity contribution is 0.536. The van der Waals surface area contributed by atoms with Crippen LogP contribution in [0.15, 0.2) is 93.0 Å². The number of hydrogen-bond acceptors (Lipinski definition) is 4. The Balaban J connectivity index is 1.83. The van der Waals surface area contributed by atoms with Crippen LogP contribution in [0.5, 0.6) is 0 Å². The Morgan fingerprint density at radius 3 is 2.21 bits per heavy atom. The van der Waals surface area contributed by atoms with Crippen molar-refractivity contribution in [2.45, 2.75) is 0 Å². The lowest BCUT2D eigenvalue weighted by Gasteiger charge is -2.07. The largest absolute Gasteiger partial charge is 0.464 e. The van der Waals surface area contributed by atoms with Crippen molar-refractivity contribution in [2.75, 3.05) is 0 Å². The molecule has 0 radical (unpaired) electrons. The van der Waals surface area contributed by atoms with Gasteiger partial charge in [0.05, 0.1) is 6.26 Å². The van der Waals surface area contributed by atoms with Gasteiger partial charge in [0.15, 0.2) is 0 Å². The van der Waals surface area contributed by atoms with E-state index in [-0.39, 0.29) is 0 Å².